The quantitative estimate of drug-likeness (QED) is 0.732. The second kappa shape index (κ2) is 3.46. The molecule has 1 aliphatic heterocycles. The van der Waals surface area contributed by atoms with E-state index in [1.807, 2.05) is 12.1 Å². The van der Waals surface area contributed by atoms with Gasteiger partial charge in [-0.3, -0.25) is 0 Å². The zero-order chi connectivity index (χ0) is 9.26. The zero-order valence-electron chi connectivity index (χ0n) is 7.81. The van der Waals surface area contributed by atoms with E-state index in [-0.39, 0.29) is 5.82 Å². The number of halogens is 1. The van der Waals surface area contributed by atoms with Gasteiger partial charge in [0.05, 0.1) is 0 Å². The number of rotatable bonds is 2. The summed E-state index contributed by atoms with van der Waals surface area (Å²) in [5.74, 6) is -0.0863. The van der Waals surface area contributed by atoms with Gasteiger partial charge in [-0.1, -0.05) is 12.1 Å². The Morgan fingerprint density at radius 1 is 1.54 bits per heavy atom. The summed E-state index contributed by atoms with van der Waals surface area (Å²) in [4.78, 5) is 0. The Morgan fingerprint density at radius 3 is 2.85 bits per heavy atom. The van der Waals surface area contributed by atoms with Crippen molar-refractivity contribution in [1.29, 1.82) is 0 Å². The van der Waals surface area contributed by atoms with Gasteiger partial charge in [-0.15, -0.1) is 0 Å². The lowest BCUT2D eigenvalue weighted by molar-refractivity contribution is 0.369. The van der Waals surface area contributed by atoms with Gasteiger partial charge in [0.1, 0.15) is 5.82 Å². The number of hydrogen-bond acceptors (Lipinski definition) is 1. The lowest BCUT2D eigenvalue weighted by atomic mass is 9.97. The zero-order valence-corrected chi connectivity index (χ0v) is 7.81. The average Bonchev–Trinajstić information content (AvgIpc) is 2.04. The summed E-state index contributed by atoms with van der Waals surface area (Å²) in [5, 5.41) is 3.31. The molecule has 1 heterocycles. The summed E-state index contributed by atoms with van der Waals surface area (Å²) >= 11 is 0. The van der Waals surface area contributed by atoms with E-state index in [9.17, 15) is 4.39 Å². The van der Waals surface area contributed by atoms with Gasteiger partial charge < -0.3 is 5.32 Å². The van der Waals surface area contributed by atoms with Crippen molar-refractivity contribution in [2.45, 2.75) is 25.8 Å². The van der Waals surface area contributed by atoms with Crippen LogP contribution in [0.2, 0.25) is 0 Å². The van der Waals surface area contributed by atoms with E-state index in [2.05, 4.69) is 5.32 Å². The molecule has 0 spiro atoms. The van der Waals surface area contributed by atoms with Gasteiger partial charge in [-0.25, -0.2) is 4.39 Å². The van der Waals surface area contributed by atoms with Crippen LogP contribution in [0.3, 0.4) is 0 Å². The van der Waals surface area contributed by atoms with Crippen molar-refractivity contribution in [2.75, 3.05) is 6.54 Å². The van der Waals surface area contributed by atoms with Crippen LogP contribution < -0.4 is 5.32 Å². The van der Waals surface area contributed by atoms with Gasteiger partial charge in [0.15, 0.2) is 0 Å². The maximum atomic E-state index is 13.1. The molecule has 0 aliphatic carbocycles. The van der Waals surface area contributed by atoms with Crippen molar-refractivity contribution in [1.82, 2.24) is 5.32 Å². The molecule has 0 aromatic heterocycles. The van der Waals surface area contributed by atoms with Crippen LogP contribution in [0.4, 0.5) is 4.39 Å². The second-order valence-corrected chi connectivity index (χ2v) is 3.73. The van der Waals surface area contributed by atoms with Crippen LogP contribution in [-0.2, 0) is 6.42 Å². The van der Waals surface area contributed by atoms with E-state index in [0.717, 1.165) is 24.1 Å². The molecule has 1 unspecified atom stereocenters. The van der Waals surface area contributed by atoms with Crippen molar-refractivity contribution < 1.29 is 4.39 Å². The minimum atomic E-state index is -0.0863. The summed E-state index contributed by atoms with van der Waals surface area (Å²) in [5.41, 5.74) is 1.82. The lowest BCUT2D eigenvalue weighted by Crippen LogP contribution is -2.44. The molecule has 0 bridgehead atoms. The Hall–Kier alpha value is -0.890. The first kappa shape index (κ1) is 8.70. The van der Waals surface area contributed by atoms with Crippen molar-refractivity contribution in [3.63, 3.8) is 0 Å². The van der Waals surface area contributed by atoms with Crippen LogP contribution >= 0.6 is 0 Å². The number of hydrogen-bond donors (Lipinski definition) is 1. The van der Waals surface area contributed by atoms with Gasteiger partial charge >= 0.3 is 0 Å². The SMILES string of the molecule is Cc1ccc(CC2CCN2)cc1F. The molecule has 0 radical (unpaired) electrons. The predicted molar refractivity (Wildman–Crippen MR) is 51.2 cm³/mol. The molecule has 1 aliphatic rings. The van der Waals surface area contributed by atoms with Crippen LogP contribution in [0.15, 0.2) is 18.2 Å². The molecule has 1 aromatic carbocycles. The van der Waals surface area contributed by atoms with E-state index in [1.165, 1.54) is 6.42 Å². The maximum Gasteiger partial charge on any atom is 0.126 e. The molecule has 70 valence electrons. The van der Waals surface area contributed by atoms with Gasteiger partial charge in [0.25, 0.3) is 0 Å². The third-order valence-electron chi connectivity index (χ3n) is 2.64. The van der Waals surface area contributed by atoms with Gasteiger partial charge in [0, 0.05) is 6.04 Å². The summed E-state index contributed by atoms with van der Waals surface area (Å²) in [6.45, 7) is 2.90. The second-order valence-electron chi connectivity index (χ2n) is 3.73. The molecule has 1 fully saturated rings. The Bertz CT molecular complexity index is 305. The molecule has 2 heteroatoms. The molecule has 1 aromatic rings. The fourth-order valence-electron chi connectivity index (χ4n) is 1.57. The Kier molecular flexibility index (Phi) is 2.32. The summed E-state index contributed by atoms with van der Waals surface area (Å²) in [6, 6.07) is 6.08. The molecule has 1 saturated heterocycles. The third-order valence-corrected chi connectivity index (χ3v) is 2.64. The van der Waals surface area contributed by atoms with E-state index < -0.39 is 0 Å². The topological polar surface area (TPSA) is 12.0 Å². The van der Waals surface area contributed by atoms with E-state index in [4.69, 9.17) is 0 Å². The van der Waals surface area contributed by atoms with E-state index in [1.54, 1.807) is 13.0 Å². The summed E-state index contributed by atoms with van der Waals surface area (Å²) in [6.07, 6.45) is 2.17. The molecule has 1 nitrogen and oxygen atoms in total. The third kappa shape index (κ3) is 1.89. The fraction of sp³-hybridized carbons (Fsp3) is 0.455. The lowest BCUT2D eigenvalue weighted by Gasteiger charge is -2.27. The van der Waals surface area contributed by atoms with Crippen LogP contribution in [0.5, 0.6) is 0 Å². The standard InChI is InChI=1S/C11H14FN/c1-8-2-3-9(7-11(8)12)6-10-4-5-13-10/h2-3,7,10,13H,4-6H2,1H3. The van der Waals surface area contributed by atoms with Crippen molar-refractivity contribution >= 4 is 0 Å². The Labute approximate surface area is 78.0 Å². The first-order valence-corrected chi connectivity index (χ1v) is 4.74. The van der Waals surface area contributed by atoms with Crippen LogP contribution in [0.25, 0.3) is 0 Å². The van der Waals surface area contributed by atoms with Gasteiger partial charge in [0.2, 0.25) is 0 Å². The molecular weight excluding hydrogens is 165 g/mol. The highest BCUT2D eigenvalue weighted by Crippen LogP contribution is 2.14. The molecule has 13 heavy (non-hydrogen) atoms. The van der Waals surface area contributed by atoms with Crippen molar-refractivity contribution in [3.8, 4) is 0 Å². The normalized spacial score (nSPS) is 21.2. The minimum Gasteiger partial charge on any atom is -0.314 e. The van der Waals surface area contributed by atoms with Gasteiger partial charge in [-0.05, 0) is 43.5 Å². The molecule has 0 saturated carbocycles. The Balaban J connectivity index is 2.07. The highest BCUT2D eigenvalue weighted by atomic mass is 19.1. The highest BCUT2D eigenvalue weighted by molar-refractivity contribution is 5.24. The first-order valence-electron chi connectivity index (χ1n) is 4.74. The van der Waals surface area contributed by atoms with E-state index >= 15 is 0 Å². The van der Waals surface area contributed by atoms with Crippen molar-refractivity contribution in [2.24, 2.45) is 0 Å². The predicted octanol–water partition coefficient (Wildman–Crippen LogP) is 2.04. The molecule has 1 N–H and O–H groups in total. The highest BCUT2D eigenvalue weighted by Gasteiger charge is 2.16. The largest absolute Gasteiger partial charge is 0.314 e. The Morgan fingerprint density at radius 2 is 2.31 bits per heavy atom. The van der Waals surface area contributed by atoms with Crippen molar-refractivity contribution in [3.05, 3.63) is 35.1 Å². The van der Waals surface area contributed by atoms with Crippen LogP contribution in [0, 0.1) is 12.7 Å². The molecular formula is C11H14FN. The summed E-state index contributed by atoms with van der Waals surface area (Å²) in [7, 11) is 0. The smallest absolute Gasteiger partial charge is 0.126 e. The monoisotopic (exact) mass is 179 g/mol. The van der Waals surface area contributed by atoms with E-state index in [0.29, 0.717) is 6.04 Å². The fourth-order valence-corrected chi connectivity index (χ4v) is 1.57. The number of nitrogens with one attached hydrogen (secondary N) is 1. The van der Waals surface area contributed by atoms with Gasteiger partial charge in [-0.2, -0.15) is 0 Å². The van der Waals surface area contributed by atoms with Crippen LogP contribution in [0.1, 0.15) is 17.5 Å². The summed E-state index contributed by atoms with van der Waals surface area (Å²) < 4.78 is 13.1. The molecule has 0 amide bonds. The minimum absolute atomic E-state index is 0.0863. The average molecular weight is 179 g/mol. The number of benzene rings is 1. The molecule has 1 atom stereocenters. The molecule has 2 rings (SSSR count). The first-order chi connectivity index (χ1) is 6.25. The van der Waals surface area contributed by atoms with Crippen LogP contribution in [-0.4, -0.2) is 12.6 Å². The maximum absolute atomic E-state index is 13.1. The number of aryl methyl sites for hydroxylation is 1.